The molecular weight excluding hydrogens is 338 g/mol. The minimum atomic E-state index is -0.239. The molecule has 1 unspecified atom stereocenters. The molecule has 1 aliphatic carbocycles. The lowest BCUT2D eigenvalue weighted by atomic mass is 9.85. The molecule has 2 aromatic carbocycles. The highest BCUT2D eigenvalue weighted by Gasteiger charge is 2.34. The van der Waals surface area contributed by atoms with E-state index in [-0.39, 0.29) is 24.1 Å². The predicted octanol–water partition coefficient (Wildman–Crippen LogP) is 3.54. The van der Waals surface area contributed by atoms with E-state index in [4.69, 9.17) is 0 Å². The topological polar surface area (TPSA) is 60.8 Å². The highest BCUT2D eigenvalue weighted by Crippen LogP contribution is 2.36. The van der Waals surface area contributed by atoms with E-state index in [2.05, 4.69) is 35.2 Å². The second-order valence-corrected chi connectivity index (χ2v) is 8.00. The number of carbonyl (C=O) groups is 1. The zero-order valence-corrected chi connectivity index (χ0v) is 15.6. The Labute approximate surface area is 160 Å². The highest BCUT2D eigenvalue weighted by atomic mass is 16.3. The van der Waals surface area contributed by atoms with Crippen molar-refractivity contribution in [2.24, 2.45) is 11.8 Å². The quantitative estimate of drug-likeness (QED) is 0.851. The standard InChI is InChI=1S/C23H27NO3/c25-15-20-12-21-18(13-22(20)26)11-19(23(21)27)10-16-6-8-24(9-7-16)14-17-4-2-1-3-5-17/h1-5,12-13,16,19,25-26H,6-11,14-15H2. The van der Waals surface area contributed by atoms with Gasteiger partial charge < -0.3 is 10.2 Å². The van der Waals surface area contributed by atoms with E-state index in [1.54, 1.807) is 12.1 Å². The van der Waals surface area contributed by atoms with Gasteiger partial charge in [-0.25, -0.2) is 0 Å². The molecule has 4 rings (SSSR count). The minimum absolute atomic E-state index is 0.0269. The van der Waals surface area contributed by atoms with Crippen LogP contribution in [0.2, 0.25) is 0 Å². The Hall–Kier alpha value is -2.17. The smallest absolute Gasteiger partial charge is 0.166 e. The summed E-state index contributed by atoms with van der Waals surface area (Å²) in [5.41, 5.74) is 3.43. The molecule has 0 spiro atoms. The van der Waals surface area contributed by atoms with Crippen molar-refractivity contribution in [3.05, 3.63) is 64.7 Å². The molecule has 0 radical (unpaired) electrons. The van der Waals surface area contributed by atoms with Crippen LogP contribution in [0.1, 0.15) is 46.3 Å². The van der Waals surface area contributed by atoms with Gasteiger partial charge >= 0.3 is 0 Å². The minimum Gasteiger partial charge on any atom is -0.508 e. The Bertz CT molecular complexity index is 810. The highest BCUT2D eigenvalue weighted by molar-refractivity contribution is 6.02. The molecule has 0 aromatic heterocycles. The first-order valence-electron chi connectivity index (χ1n) is 9.90. The van der Waals surface area contributed by atoms with E-state index in [0.717, 1.165) is 50.9 Å². The van der Waals surface area contributed by atoms with E-state index < -0.39 is 0 Å². The number of hydrogen-bond acceptors (Lipinski definition) is 4. The third-order valence-electron chi connectivity index (χ3n) is 6.15. The number of fused-ring (bicyclic) bond motifs is 1. The number of ketones is 1. The van der Waals surface area contributed by atoms with Gasteiger partial charge in [0.15, 0.2) is 5.78 Å². The lowest BCUT2D eigenvalue weighted by Crippen LogP contribution is -2.34. The van der Waals surface area contributed by atoms with Crippen LogP contribution >= 0.6 is 0 Å². The Morgan fingerprint density at radius 3 is 2.52 bits per heavy atom. The van der Waals surface area contributed by atoms with Gasteiger partial charge in [-0.3, -0.25) is 9.69 Å². The summed E-state index contributed by atoms with van der Waals surface area (Å²) >= 11 is 0. The Balaban J connectivity index is 1.32. The van der Waals surface area contributed by atoms with Crippen LogP contribution in [-0.4, -0.2) is 34.0 Å². The number of nitrogens with zero attached hydrogens (tertiary/aromatic N) is 1. The van der Waals surface area contributed by atoms with Crippen LogP contribution in [0, 0.1) is 11.8 Å². The van der Waals surface area contributed by atoms with Crippen molar-refractivity contribution in [1.29, 1.82) is 0 Å². The Morgan fingerprint density at radius 2 is 1.81 bits per heavy atom. The summed E-state index contributed by atoms with van der Waals surface area (Å²) in [7, 11) is 0. The van der Waals surface area contributed by atoms with Crippen molar-refractivity contribution in [3.8, 4) is 5.75 Å². The first-order valence-corrected chi connectivity index (χ1v) is 9.90. The van der Waals surface area contributed by atoms with Crippen molar-refractivity contribution in [2.75, 3.05) is 13.1 Å². The van der Waals surface area contributed by atoms with Crippen molar-refractivity contribution in [2.45, 2.75) is 38.8 Å². The molecule has 1 fully saturated rings. The summed E-state index contributed by atoms with van der Waals surface area (Å²) in [5, 5.41) is 19.3. The number of rotatable bonds is 5. The molecule has 27 heavy (non-hydrogen) atoms. The number of piperidine rings is 1. The zero-order chi connectivity index (χ0) is 18.8. The zero-order valence-electron chi connectivity index (χ0n) is 15.6. The average molecular weight is 365 g/mol. The summed E-state index contributed by atoms with van der Waals surface area (Å²) in [5.74, 6) is 0.899. The molecule has 1 atom stereocenters. The Kier molecular flexibility index (Phi) is 5.28. The molecule has 142 valence electrons. The maximum absolute atomic E-state index is 12.8. The number of benzene rings is 2. The number of aliphatic hydroxyl groups excluding tert-OH is 1. The predicted molar refractivity (Wildman–Crippen MR) is 105 cm³/mol. The summed E-state index contributed by atoms with van der Waals surface area (Å²) < 4.78 is 0. The first kappa shape index (κ1) is 18.2. The molecule has 0 saturated carbocycles. The van der Waals surface area contributed by atoms with Gasteiger partial charge in [-0.2, -0.15) is 0 Å². The summed E-state index contributed by atoms with van der Waals surface area (Å²) in [6.07, 6.45) is 3.93. The largest absolute Gasteiger partial charge is 0.508 e. The second-order valence-electron chi connectivity index (χ2n) is 8.00. The number of carbonyl (C=O) groups excluding carboxylic acids is 1. The van der Waals surface area contributed by atoms with Crippen LogP contribution in [0.15, 0.2) is 42.5 Å². The maximum Gasteiger partial charge on any atom is 0.166 e. The van der Waals surface area contributed by atoms with Gasteiger partial charge in [-0.05, 0) is 68.0 Å². The van der Waals surface area contributed by atoms with Gasteiger partial charge in [-0.1, -0.05) is 30.3 Å². The first-order chi connectivity index (χ1) is 13.1. The van der Waals surface area contributed by atoms with Gasteiger partial charge in [0.25, 0.3) is 0 Å². The van der Waals surface area contributed by atoms with Gasteiger partial charge in [-0.15, -0.1) is 0 Å². The van der Waals surface area contributed by atoms with E-state index in [1.807, 2.05) is 0 Å². The average Bonchev–Trinajstić information content (AvgIpc) is 2.98. The van der Waals surface area contributed by atoms with Crippen LogP contribution in [-0.2, 0) is 19.6 Å². The van der Waals surface area contributed by atoms with Crippen LogP contribution in [0.25, 0.3) is 0 Å². The van der Waals surface area contributed by atoms with Crippen molar-refractivity contribution in [3.63, 3.8) is 0 Å². The summed E-state index contributed by atoms with van der Waals surface area (Å²) in [6.45, 7) is 2.94. The fraction of sp³-hybridized carbons (Fsp3) is 0.435. The fourth-order valence-electron chi connectivity index (χ4n) is 4.59. The van der Waals surface area contributed by atoms with Gasteiger partial charge in [0.2, 0.25) is 0 Å². The third kappa shape index (κ3) is 3.92. The van der Waals surface area contributed by atoms with E-state index in [1.165, 1.54) is 5.56 Å². The maximum atomic E-state index is 12.8. The van der Waals surface area contributed by atoms with Crippen LogP contribution < -0.4 is 0 Å². The summed E-state index contributed by atoms with van der Waals surface area (Å²) in [6, 6.07) is 13.9. The van der Waals surface area contributed by atoms with Crippen molar-refractivity contribution >= 4 is 5.78 Å². The molecule has 1 aliphatic heterocycles. The monoisotopic (exact) mass is 365 g/mol. The normalized spacial score (nSPS) is 20.8. The number of phenols is 1. The number of hydrogen-bond donors (Lipinski definition) is 2. The van der Waals surface area contributed by atoms with Crippen LogP contribution in [0.4, 0.5) is 0 Å². The molecule has 2 aromatic rings. The molecule has 0 amide bonds. The molecule has 2 aliphatic rings. The molecule has 4 heteroatoms. The molecule has 1 heterocycles. The van der Waals surface area contributed by atoms with Crippen LogP contribution in [0.5, 0.6) is 5.75 Å². The van der Waals surface area contributed by atoms with E-state index in [0.29, 0.717) is 17.0 Å². The van der Waals surface area contributed by atoms with Crippen molar-refractivity contribution in [1.82, 2.24) is 4.90 Å². The number of aromatic hydroxyl groups is 1. The Morgan fingerprint density at radius 1 is 1.07 bits per heavy atom. The molecule has 1 saturated heterocycles. The number of likely N-dealkylation sites (tertiary alicyclic amines) is 1. The van der Waals surface area contributed by atoms with Crippen molar-refractivity contribution < 1.29 is 15.0 Å². The third-order valence-corrected chi connectivity index (χ3v) is 6.15. The second kappa shape index (κ2) is 7.83. The molecule has 4 nitrogen and oxygen atoms in total. The number of Topliss-reactive ketones (excluding diaryl/α,β-unsaturated/α-hetero) is 1. The fourth-order valence-corrected chi connectivity index (χ4v) is 4.59. The SMILES string of the molecule is O=C1c2cc(CO)c(O)cc2CC1CC1CCN(Cc2ccccc2)CC1. The lowest BCUT2D eigenvalue weighted by Gasteiger charge is -2.32. The van der Waals surface area contributed by atoms with Gasteiger partial charge in [0.05, 0.1) is 6.61 Å². The van der Waals surface area contributed by atoms with Gasteiger partial charge in [0.1, 0.15) is 5.75 Å². The lowest BCUT2D eigenvalue weighted by molar-refractivity contribution is 0.0895. The van der Waals surface area contributed by atoms with Gasteiger partial charge in [0, 0.05) is 23.6 Å². The summed E-state index contributed by atoms with van der Waals surface area (Å²) in [4.78, 5) is 15.3. The molecule has 0 bridgehead atoms. The van der Waals surface area contributed by atoms with Crippen LogP contribution in [0.3, 0.4) is 0 Å². The number of aliphatic hydroxyl groups is 1. The molecule has 2 N–H and O–H groups in total. The molecular formula is C23H27NO3. The van der Waals surface area contributed by atoms with E-state index in [9.17, 15) is 15.0 Å². The van der Waals surface area contributed by atoms with E-state index >= 15 is 0 Å².